The first-order chi connectivity index (χ1) is 18.0. The number of aliphatic hydroxyl groups excluding tert-OH is 1. The van der Waals surface area contributed by atoms with Crippen LogP contribution in [0.5, 0.6) is 0 Å². The van der Waals surface area contributed by atoms with Gasteiger partial charge in [0, 0.05) is 26.1 Å². The third kappa shape index (κ3) is 5.97. The van der Waals surface area contributed by atoms with Gasteiger partial charge in [-0.15, -0.1) is 0 Å². The molecule has 210 valence electrons. The number of ether oxygens (including phenoxy) is 2. The molecule has 1 amide bonds. The van der Waals surface area contributed by atoms with Crippen molar-refractivity contribution in [3.8, 4) is 6.07 Å². The van der Waals surface area contributed by atoms with E-state index in [1.54, 1.807) is 4.67 Å². The van der Waals surface area contributed by atoms with E-state index in [0.29, 0.717) is 0 Å². The monoisotopic (exact) mass is 555 g/mol. The number of carbonyl (C=O) groups excluding carboxylic acids is 1. The normalized spacial score (nSPS) is 23.3. The van der Waals surface area contributed by atoms with Crippen molar-refractivity contribution in [2.75, 3.05) is 25.6 Å². The maximum absolute atomic E-state index is 14.2. The summed E-state index contributed by atoms with van der Waals surface area (Å²) in [4.78, 5) is 35.4. The van der Waals surface area contributed by atoms with Gasteiger partial charge in [-0.05, 0) is 27.7 Å². The van der Waals surface area contributed by atoms with Crippen LogP contribution >= 0.6 is 7.75 Å². The second-order valence-corrected chi connectivity index (χ2v) is 11.1. The van der Waals surface area contributed by atoms with E-state index in [-0.39, 0.29) is 42.1 Å². The Balaban J connectivity index is 2.06. The summed E-state index contributed by atoms with van der Waals surface area (Å²) in [5.41, 5.74) is -0.374. The van der Waals surface area contributed by atoms with Crippen LogP contribution in [0.15, 0.2) is 11.1 Å². The minimum Gasteiger partial charge on any atom is -0.394 e. The Morgan fingerprint density at radius 3 is 2.58 bits per heavy atom. The van der Waals surface area contributed by atoms with Crippen LogP contribution in [0.4, 0.5) is 5.82 Å². The smallest absolute Gasteiger partial charge is 0.394 e. The van der Waals surface area contributed by atoms with Crippen molar-refractivity contribution in [2.24, 2.45) is 0 Å². The average molecular weight is 556 g/mol. The van der Waals surface area contributed by atoms with Crippen LogP contribution in [-0.2, 0) is 27.9 Å². The third-order valence-electron chi connectivity index (χ3n) is 5.86. The van der Waals surface area contributed by atoms with Crippen LogP contribution in [0.25, 0.3) is 11.2 Å². The van der Waals surface area contributed by atoms with Crippen molar-refractivity contribution in [1.82, 2.24) is 24.2 Å². The van der Waals surface area contributed by atoms with E-state index < -0.39 is 50.5 Å². The third-order valence-corrected chi connectivity index (χ3v) is 8.37. The van der Waals surface area contributed by atoms with Crippen LogP contribution in [0.1, 0.15) is 47.3 Å². The van der Waals surface area contributed by atoms with Crippen LogP contribution in [0.3, 0.4) is 0 Å². The molecule has 1 aliphatic heterocycles. The van der Waals surface area contributed by atoms with E-state index in [4.69, 9.17) is 23.8 Å². The molecule has 3 N–H and O–H groups in total. The van der Waals surface area contributed by atoms with E-state index in [1.807, 2.05) is 33.8 Å². The number of aromatic nitrogens is 4. The van der Waals surface area contributed by atoms with Gasteiger partial charge in [0.15, 0.2) is 17.7 Å². The Kier molecular flexibility index (Phi) is 9.77. The number of hydrogen-bond donors (Lipinski definition) is 3. The molecule has 5 atom stereocenters. The summed E-state index contributed by atoms with van der Waals surface area (Å²) in [6.45, 7) is 7.91. The number of fused-ring (bicyclic) bond motifs is 1. The van der Waals surface area contributed by atoms with Gasteiger partial charge < -0.3 is 24.9 Å². The van der Waals surface area contributed by atoms with Crippen molar-refractivity contribution in [3.05, 3.63) is 16.8 Å². The number of rotatable bonds is 12. The zero-order chi connectivity index (χ0) is 28.2. The highest BCUT2D eigenvalue weighted by atomic mass is 31.2. The number of amides is 1. The molecule has 38 heavy (non-hydrogen) atoms. The van der Waals surface area contributed by atoms with Crippen LogP contribution in [0, 0.1) is 11.3 Å². The van der Waals surface area contributed by atoms with E-state index in [1.165, 1.54) is 20.4 Å². The Morgan fingerprint density at radius 2 is 2.03 bits per heavy atom. The lowest BCUT2D eigenvalue weighted by atomic mass is 10.1. The molecule has 0 spiro atoms. The number of carbonyl (C=O) groups is 1. The molecular formula is C22H34N7O8P. The number of nitrogens with zero attached hydrogens (tertiary/aromatic N) is 5. The predicted octanol–water partition coefficient (Wildman–Crippen LogP) is 1.53. The van der Waals surface area contributed by atoms with E-state index in [9.17, 15) is 19.3 Å². The summed E-state index contributed by atoms with van der Waals surface area (Å²) in [6.07, 6.45) is -3.26. The predicted molar refractivity (Wildman–Crippen MR) is 135 cm³/mol. The summed E-state index contributed by atoms with van der Waals surface area (Å²) in [5.74, 6) is -0.303. The van der Waals surface area contributed by atoms with Gasteiger partial charge in [-0.3, -0.25) is 13.8 Å². The molecule has 1 aliphatic rings. The summed E-state index contributed by atoms with van der Waals surface area (Å²) in [7, 11) is -2.71. The topological polar surface area (TPSA) is 194 Å². The van der Waals surface area contributed by atoms with Crippen molar-refractivity contribution in [2.45, 2.75) is 77.7 Å². The molecule has 1 unspecified atom stereocenters. The van der Waals surface area contributed by atoms with Crippen LogP contribution in [-0.4, -0.2) is 85.9 Å². The first kappa shape index (κ1) is 29.9. The Morgan fingerprint density at radius 1 is 1.34 bits per heavy atom. The quantitative estimate of drug-likeness (QED) is 0.253. The SMILES string of the molecule is CO[C@@H]1[C@H](OP(=O)(OCCC#N)N(C(C)C)C(C)C)[C@@H](CO)O[C@H]1n1c(=O)[nH]c2c(NC(C)=O)ncnc21. The van der Waals surface area contributed by atoms with Crippen LogP contribution in [0.2, 0.25) is 0 Å². The van der Waals surface area contributed by atoms with Gasteiger partial charge in [-0.2, -0.15) is 5.26 Å². The van der Waals surface area contributed by atoms with Crippen molar-refractivity contribution < 1.29 is 33.0 Å². The summed E-state index contributed by atoms with van der Waals surface area (Å²) < 4.78 is 40.4. The fraction of sp³-hybridized carbons (Fsp3) is 0.682. The van der Waals surface area contributed by atoms with Gasteiger partial charge in [-0.25, -0.2) is 28.6 Å². The molecule has 1 fully saturated rings. The molecule has 0 bridgehead atoms. The number of imidazole rings is 1. The molecule has 3 rings (SSSR count). The molecule has 0 radical (unpaired) electrons. The summed E-state index contributed by atoms with van der Waals surface area (Å²) >= 11 is 0. The second kappa shape index (κ2) is 12.4. The van der Waals surface area contributed by atoms with E-state index in [2.05, 4.69) is 20.3 Å². The average Bonchev–Trinajstić information content (AvgIpc) is 3.34. The van der Waals surface area contributed by atoms with Crippen molar-refractivity contribution in [3.63, 3.8) is 0 Å². The highest BCUT2D eigenvalue weighted by Crippen LogP contribution is 2.57. The van der Waals surface area contributed by atoms with Gasteiger partial charge >= 0.3 is 13.4 Å². The minimum atomic E-state index is -4.07. The number of H-pyrrole nitrogens is 1. The second-order valence-electron chi connectivity index (χ2n) is 9.20. The van der Waals surface area contributed by atoms with E-state index in [0.717, 1.165) is 4.57 Å². The maximum atomic E-state index is 14.2. The zero-order valence-corrected chi connectivity index (χ0v) is 23.0. The lowest BCUT2D eigenvalue weighted by molar-refractivity contribution is -0.114. The fourth-order valence-electron chi connectivity index (χ4n) is 4.55. The maximum Gasteiger partial charge on any atom is 0.409 e. The Labute approximate surface area is 219 Å². The molecule has 3 heterocycles. The van der Waals surface area contributed by atoms with Crippen molar-refractivity contribution >= 4 is 30.6 Å². The van der Waals surface area contributed by atoms with Gasteiger partial charge in [-0.1, -0.05) is 0 Å². The van der Waals surface area contributed by atoms with Gasteiger partial charge in [0.05, 0.1) is 25.7 Å². The van der Waals surface area contributed by atoms with Crippen LogP contribution < -0.4 is 11.0 Å². The lowest BCUT2D eigenvalue weighted by Gasteiger charge is -2.38. The summed E-state index contributed by atoms with van der Waals surface area (Å²) in [5, 5.41) is 21.6. The lowest BCUT2D eigenvalue weighted by Crippen LogP contribution is -2.42. The molecule has 2 aromatic rings. The first-order valence-corrected chi connectivity index (χ1v) is 13.6. The van der Waals surface area contributed by atoms with E-state index >= 15 is 0 Å². The molecule has 15 nitrogen and oxygen atoms in total. The number of anilines is 1. The highest BCUT2D eigenvalue weighted by molar-refractivity contribution is 7.51. The number of hydrogen-bond acceptors (Lipinski definition) is 11. The Bertz CT molecular complexity index is 1260. The van der Waals surface area contributed by atoms with Gasteiger partial charge in [0.2, 0.25) is 5.91 Å². The number of aromatic amines is 1. The molecular weight excluding hydrogens is 521 g/mol. The number of methoxy groups -OCH3 is 1. The molecule has 2 aromatic heterocycles. The molecule has 0 aromatic carbocycles. The molecule has 0 aliphatic carbocycles. The molecule has 16 heteroatoms. The largest absolute Gasteiger partial charge is 0.409 e. The molecule has 0 saturated carbocycles. The minimum absolute atomic E-state index is 0.0145. The Hall–Kier alpha value is -2.70. The first-order valence-electron chi connectivity index (χ1n) is 12.1. The van der Waals surface area contributed by atoms with Gasteiger partial charge in [0.25, 0.3) is 0 Å². The van der Waals surface area contributed by atoms with Crippen molar-refractivity contribution in [1.29, 1.82) is 5.26 Å². The zero-order valence-electron chi connectivity index (χ0n) is 22.2. The van der Waals surface area contributed by atoms with Gasteiger partial charge in [0.1, 0.15) is 30.2 Å². The standard InChI is InChI=1S/C22H34N7O8P/c1-12(2)29(13(3)4)38(33,35-9-7-8-23)37-17-15(10-30)36-21(18(17)34-6)28-20-16(27-22(28)32)19(24-11-25-20)26-14(5)31/h11-13,15,17-18,21,30H,7,9-10H2,1-6H3,(H,27,32)(H,24,25,26,31)/t15-,17-,18-,21-,38?/m1/s1. The number of aliphatic hydroxyl groups is 1. The molecule has 1 saturated heterocycles. The fourth-order valence-corrected chi connectivity index (χ4v) is 6.87. The summed E-state index contributed by atoms with van der Waals surface area (Å²) in [6, 6.07) is 1.41. The highest BCUT2D eigenvalue weighted by Gasteiger charge is 2.52. The number of nitrogens with one attached hydrogen (secondary N) is 2. The number of nitriles is 1.